The summed E-state index contributed by atoms with van der Waals surface area (Å²) >= 11 is 0. The van der Waals surface area contributed by atoms with Gasteiger partial charge in [0.2, 0.25) is 11.9 Å². The standard InChI is InChI=1S/C24H21F2N7O3/c25-20(26)23-33-32-22(36-23)16-11-27-24(28-15-7-8-17-14(10-15)6-9-19(35)29-17)31-21(16)30-18(12-34)13-4-2-1-3-5-13/h1-5,7-8,10-11,18,20,34H,6,9,12H2,(H,29,35)(H2,27,28,30,31)/t18-/m1/s1. The van der Waals surface area contributed by atoms with Gasteiger partial charge in [0.1, 0.15) is 5.82 Å². The zero-order valence-electron chi connectivity index (χ0n) is 18.8. The Kier molecular flexibility index (Phi) is 6.50. The Morgan fingerprint density at radius 3 is 2.69 bits per heavy atom. The molecule has 0 radical (unpaired) electrons. The molecular weight excluding hydrogens is 472 g/mol. The van der Waals surface area contributed by atoms with Crippen LogP contribution in [0.25, 0.3) is 11.5 Å². The van der Waals surface area contributed by atoms with Crippen LogP contribution in [0.1, 0.15) is 35.9 Å². The van der Waals surface area contributed by atoms with E-state index in [0.717, 1.165) is 16.8 Å². The maximum atomic E-state index is 13.0. The Morgan fingerprint density at radius 2 is 1.94 bits per heavy atom. The van der Waals surface area contributed by atoms with Gasteiger partial charge in [-0.15, -0.1) is 10.2 Å². The molecule has 0 saturated carbocycles. The number of aryl methyl sites for hydroxylation is 1. The molecule has 1 atom stereocenters. The summed E-state index contributed by atoms with van der Waals surface area (Å²) in [6.45, 7) is -0.265. The van der Waals surface area contributed by atoms with Gasteiger partial charge in [-0.3, -0.25) is 4.79 Å². The molecule has 0 bridgehead atoms. The van der Waals surface area contributed by atoms with Gasteiger partial charge in [-0.2, -0.15) is 13.8 Å². The lowest BCUT2D eigenvalue weighted by Crippen LogP contribution is -2.19. The summed E-state index contributed by atoms with van der Waals surface area (Å²) in [5.74, 6) is -0.620. The Balaban J connectivity index is 1.48. The second-order valence-corrected chi connectivity index (χ2v) is 8.04. The molecule has 0 spiro atoms. The third-order valence-corrected chi connectivity index (χ3v) is 5.60. The topological polar surface area (TPSA) is 138 Å². The molecule has 0 aliphatic carbocycles. The molecule has 184 valence electrons. The van der Waals surface area contributed by atoms with Crippen LogP contribution < -0.4 is 16.0 Å². The number of halogens is 2. The number of aliphatic hydroxyl groups excluding tert-OH is 1. The highest BCUT2D eigenvalue weighted by molar-refractivity contribution is 5.94. The van der Waals surface area contributed by atoms with Gasteiger partial charge in [0, 0.05) is 24.0 Å². The van der Waals surface area contributed by atoms with E-state index in [0.29, 0.717) is 18.5 Å². The average Bonchev–Trinajstić information content (AvgIpc) is 3.39. The predicted octanol–water partition coefficient (Wildman–Crippen LogP) is 4.24. The van der Waals surface area contributed by atoms with Crippen LogP contribution >= 0.6 is 0 Å². The fourth-order valence-corrected chi connectivity index (χ4v) is 3.82. The number of rotatable bonds is 8. The maximum absolute atomic E-state index is 13.0. The van der Waals surface area contributed by atoms with Crippen molar-refractivity contribution in [3.63, 3.8) is 0 Å². The third-order valence-electron chi connectivity index (χ3n) is 5.60. The Bertz CT molecular complexity index is 1380. The van der Waals surface area contributed by atoms with Crippen molar-refractivity contribution in [3.8, 4) is 11.5 Å². The lowest BCUT2D eigenvalue weighted by molar-refractivity contribution is -0.116. The Morgan fingerprint density at radius 1 is 1.11 bits per heavy atom. The molecule has 2 aromatic carbocycles. The number of fused-ring (bicyclic) bond motifs is 1. The number of carbonyl (C=O) groups excluding carboxylic acids is 1. The van der Waals surface area contributed by atoms with Crippen molar-refractivity contribution >= 4 is 29.0 Å². The van der Waals surface area contributed by atoms with Crippen molar-refractivity contribution in [1.82, 2.24) is 20.2 Å². The number of hydrogen-bond acceptors (Lipinski definition) is 9. The molecular formula is C24H21F2N7O3. The van der Waals surface area contributed by atoms with Crippen LogP contribution in [0.4, 0.5) is 31.9 Å². The van der Waals surface area contributed by atoms with Gasteiger partial charge in [-0.25, -0.2) is 4.98 Å². The summed E-state index contributed by atoms with van der Waals surface area (Å²) < 4.78 is 31.2. The monoisotopic (exact) mass is 493 g/mol. The molecule has 36 heavy (non-hydrogen) atoms. The van der Waals surface area contributed by atoms with Gasteiger partial charge in [0.25, 0.3) is 11.8 Å². The number of nitrogens with one attached hydrogen (secondary N) is 3. The van der Waals surface area contributed by atoms with E-state index in [9.17, 15) is 18.7 Å². The summed E-state index contributed by atoms with van der Waals surface area (Å²) in [7, 11) is 0. The normalized spacial score (nSPS) is 13.7. The van der Waals surface area contributed by atoms with E-state index in [2.05, 4.69) is 36.1 Å². The molecule has 0 fully saturated rings. The second-order valence-electron chi connectivity index (χ2n) is 8.04. The summed E-state index contributed by atoms with van der Waals surface area (Å²) in [6, 6.07) is 14.1. The minimum atomic E-state index is -2.92. The number of carbonyl (C=O) groups is 1. The van der Waals surface area contributed by atoms with Gasteiger partial charge in [-0.1, -0.05) is 30.3 Å². The molecule has 3 heterocycles. The van der Waals surface area contributed by atoms with Crippen LogP contribution in [0.15, 0.2) is 59.1 Å². The van der Waals surface area contributed by atoms with Crippen LogP contribution in [-0.4, -0.2) is 37.8 Å². The predicted molar refractivity (Wildman–Crippen MR) is 127 cm³/mol. The molecule has 1 amide bonds. The fourth-order valence-electron chi connectivity index (χ4n) is 3.82. The highest BCUT2D eigenvalue weighted by Crippen LogP contribution is 2.32. The summed E-state index contributed by atoms with van der Waals surface area (Å²) in [4.78, 5) is 20.4. The quantitative estimate of drug-likeness (QED) is 0.284. The van der Waals surface area contributed by atoms with E-state index in [1.54, 1.807) is 12.1 Å². The molecule has 0 saturated heterocycles. The number of aromatic nitrogens is 4. The lowest BCUT2D eigenvalue weighted by atomic mass is 10.0. The molecule has 1 aliphatic rings. The van der Waals surface area contributed by atoms with Gasteiger partial charge < -0.3 is 25.5 Å². The smallest absolute Gasteiger partial charge is 0.314 e. The summed E-state index contributed by atoms with van der Waals surface area (Å²) in [6.07, 6.45) is -0.531. The minimum absolute atomic E-state index is 0.0225. The number of hydrogen-bond donors (Lipinski definition) is 4. The number of alkyl halides is 2. The number of aliphatic hydroxyl groups is 1. The fraction of sp³-hybridized carbons (Fsp3) is 0.208. The van der Waals surface area contributed by atoms with Crippen molar-refractivity contribution < 1.29 is 23.1 Å². The summed E-state index contributed by atoms with van der Waals surface area (Å²) in [5.41, 5.74) is 3.42. The molecule has 2 aromatic heterocycles. The molecule has 1 aliphatic heterocycles. The first-order chi connectivity index (χ1) is 17.5. The highest BCUT2D eigenvalue weighted by atomic mass is 19.3. The van der Waals surface area contributed by atoms with Crippen LogP contribution in [0.3, 0.4) is 0 Å². The van der Waals surface area contributed by atoms with Crippen LogP contribution in [-0.2, 0) is 11.2 Å². The zero-order chi connectivity index (χ0) is 25.1. The van der Waals surface area contributed by atoms with Gasteiger partial charge in [0.05, 0.1) is 18.2 Å². The first-order valence-electron chi connectivity index (χ1n) is 11.1. The van der Waals surface area contributed by atoms with Gasteiger partial charge >= 0.3 is 6.43 Å². The molecule has 10 nitrogen and oxygen atoms in total. The zero-order valence-corrected chi connectivity index (χ0v) is 18.8. The van der Waals surface area contributed by atoms with Crippen LogP contribution in [0.2, 0.25) is 0 Å². The molecule has 5 rings (SSSR count). The second kappa shape index (κ2) is 10.0. The number of benzene rings is 2. The van der Waals surface area contributed by atoms with Crippen molar-refractivity contribution in [2.45, 2.75) is 25.3 Å². The largest absolute Gasteiger partial charge is 0.415 e. The molecule has 0 unspecified atom stereocenters. The van der Waals surface area contributed by atoms with E-state index in [4.69, 9.17) is 4.42 Å². The van der Waals surface area contributed by atoms with Crippen LogP contribution in [0, 0.1) is 0 Å². The van der Waals surface area contributed by atoms with E-state index in [-0.39, 0.29) is 35.7 Å². The van der Waals surface area contributed by atoms with E-state index in [1.165, 1.54) is 6.20 Å². The third kappa shape index (κ3) is 4.98. The number of nitrogens with zero attached hydrogens (tertiary/aromatic N) is 4. The lowest BCUT2D eigenvalue weighted by Gasteiger charge is -2.20. The van der Waals surface area contributed by atoms with E-state index < -0.39 is 18.4 Å². The number of amides is 1. The Hall–Kier alpha value is -4.45. The van der Waals surface area contributed by atoms with Crippen LogP contribution in [0.5, 0.6) is 0 Å². The van der Waals surface area contributed by atoms with Crippen molar-refractivity contribution in [3.05, 3.63) is 71.7 Å². The van der Waals surface area contributed by atoms with Gasteiger partial charge in [-0.05, 0) is 35.7 Å². The first kappa shape index (κ1) is 23.3. The van der Waals surface area contributed by atoms with Crippen molar-refractivity contribution in [2.24, 2.45) is 0 Å². The number of anilines is 4. The molecule has 4 N–H and O–H groups in total. The van der Waals surface area contributed by atoms with Crippen molar-refractivity contribution in [1.29, 1.82) is 0 Å². The van der Waals surface area contributed by atoms with E-state index >= 15 is 0 Å². The Labute approximate surface area is 203 Å². The first-order valence-corrected chi connectivity index (χ1v) is 11.1. The van der Waals surface area contributed by atoms with E-state index in [1.807, 2.05) is 36.4 Å². The molecule has 4 aromatic rings. The summed E-state index contributed by atoms with van der Waals surface area (Å²) in [5, 5.41) is 26.2. The minimum Gasteiger partial charge on any atom is -0.415 e. The maximum Gasteiger partial charge on any atom is 0.314 e. The van der Waals surface area contributed by atoms with Crippen molar-refractivity contribution in [2.75, 3.05) is 22.6 Å². The highest BCUT2D eigenvalue weighted by Gasteiger charge is 2.22. The molecule has 12 heteroatoms. The average molecular weight is 493 g/mol. The SMILES string of the molecule is O=C1CCc2cc(Nc3ncc(-c4nnc(C(F)F)o4)c(N[C@H](CO)c4ccccc4)n3)ccc2N1. The van der Waals surface area contributed by atoms with Gasteiger partial charge in [0.15, 0.2) is 0 Å².